The van der Waals surface area contributed by atoms with Gasteiger partial charge in [0.25, 0.3) is 0 Å². The van der Waals surface area contributed by atoms with Gasteiger partial charge in [-0.1, -0.05) is 48.0 Å². The maximum absolute atomic E-state index is 12.4. The van der Waals surface area contributed by atoms with Crippen LogP contribution in [0.25, 0.3) is 0 Å². The van der Waals surface area contributed by atoms with Gasteiger partial charge in [-0.3, -0.25) is 9.10 Å². The molecule has 0 fully saturated rings. The quantitative estimate of drug-likeness (QED) is 0.578. The molecule has 0 radical (unpaired) electrons. The second-order valence-corrected chi connectivity index (χ2v) is 10.3. The summed E-state index contributed by atoms with van der Waals surface area (Å²) < 4.78 is 25.9. The summed E-state index contributed by atoms with van der Waals surface area (Å²) in [7, 11) is -3.57. The number of carbonyl (C=O) groups is 1. The zero-order valence-corrected chi connectivity index (χ0v) is 19.2. The van der Waals surface area contributed by atoms with Crippen molar-refractivity contribution in [1.82, 2.24) is 5.32 Å². The fraction of sp³-hybridized carbons (Fsp3) is 0.409. The van der Waals surface area contributed by atoms with Crippen molar-refractivity contribution in [2.24, 2.45) is 0 Å². The predicted octanol–water partition coefficient (Wildman–Crippen LogP) is 3.82. The number of benzene rings is 2. The molecule has 5 nitrogen and oxygen atoms in total. The van der Waals surface area contributed by atoms with Crippen LogP contribution in [0.2, 0.25) is 0 Å². The van der Waals surface area contributed by atoms with Crippen molar-refractivity contribution in [2.75, 3.05) is 29.4 Å². The Bertz CT molecular complexity index is 905. The molecular weight excluding hydrogens is 404 g/mol. The van der Waals surface area contributed by atoms with Gasteiger partial charge in [-0.2, -0.15) is 11.8 Å². The minimum atomic E-state index is -3.57. The Morgan fingerprint density at radius 2 is 1.69 bits per heavy atom. The van der Waals surface area contributed by atoms with Gasteiger partial charge in [0, 0.05) is 12.3 Å². The Labute approximate surface area is 178 Å². The molecule has 2 aromatic carbocycles. The van der Waals surface area contributed by atoms with E-state index in [1.807, 2.05) is 62.9 Å². The van der Waals surface area contributed by atoms with Crippen LogP contribution < -0.4 is 9.62 Å². The molecule has 158 valence electrons. The molecule has 0 aliphatic carbocycles. The van der Waals surface area contributed by atoms with Crippen LogP contribution in [0.3, 0.4) is 0 Å². The van der Waals surface area contributed by atoms with Crippen LogP contribution >= 0.6 is 11.8 Å². The molecule has 0 heterocycles. The number of hydrogen-bond acceptors (Lipinski definition) is 4. The summed E-state index contributed by atoms with van der Waals surface area (Å²) in [4.78, 5) is 12.4. The number of nitrogens with zero attached hydrogens (tertiary/aromatic N) is 1. The lowest BCUT2D eigenvalue weighted by molar-refractivity contribution is -0.119. The Balaban J connectivity index is 1.86. The normalized spacial score (nSPS) is 11.3. The fourth-order valence-corrected chi connectivity index (χ4v) is 5.17. The van der Waals surface area contributed by atoms with E-state index in [9.17, 15) is 13.2 Å². The summed E-state index contributed by atoms with van der Waals surface area (Å²) in [5.74, 6) is 1.59. The van der Waals surface area contributed by atoms with Crippen LogP contribution in [-0.4, -0.2) is 39.4 Å². The summed E-state index contributed by atoms with van der Waals surface area (Å²) in [5.41, 5.74) is 4.63. The van der Waals surface area contributed by atoms with Crippen LogP contribution in [0.5, 0.6) is 0 Å². The molecule has 0 atom stereocenters. The molecule has 2 aromatic rings. The monoisotopic (exact) mass is 434 g/mol. The number of carbonyl (C=O) groups excluding carboxylic acids is 1. The third-order valence-electron chi connectivity index (χ3n) is 4.47. The van der Waals surface area contributed by atoms with Gasteiger partial charge in [0.15, 0.2) is 0 Å². The van der Waals surface area contributed by atoms with Gasteiger partial charge in [-0.15, -0.1) is 0 Å². The maximum Gasteiger partial charge on any atom is 0.240 e. The van der Waals surface area contributed by atoms with E-state index in [2.05, 4.69) is 17.4 Å². The third-order valence-corrected chi connectivity index (χ3v) is 6.70. The van der Waals surface area contributed by atoms with E-state index in [0.29, 0.717) is 12.2 Å². The number of rotatable bonds is 10. The molecule has 0 aromatic heterocycles. The lowest BCUT2D eigenvalue weighted by atomic mass is 10.1. The van der Waals surface area contributed by atoms with Crippen LogP contribution in [0.15, 0.2) is 42.5 Å². The smallest absolute Gasteiger partial charge is 0.240 e. The summed E-state index contributed by atoms with van der Waals surface area (Å²) in [6, 6.07) is 14.1. The second kappa shape index (κ2) is 10.7. The fourth-order valence-electron chi connectivity index (χ4n) is 3.28. The highest BCUT2D eigenvalue weighted by molar-refractivity contribution is 7.98. The molecule has 7 heteroatoms. The van der Waals surface area contributed by atoms with Crippen LogP contribution in [0, 0.1) is 20.8 Å². The number of nitrogens with one attached hydrogen (secondary N) is 1. The zero-order valence-electron chi connectivity index (χ0n) is 17.6. The highest BCUT2D eigenvalue weighted by atomic mass is 32.2. The van der Waals surface area contributed by atoms with E-state index in [4.69, 9.17) is 0 Å². The SMILES string of the molecule is Cc1cc(C)c(N(CC(=O)NCCCSCc2ccccc2)S(C)(=O)=O)c(C)c1. The highest BCUT2D eigenvalue weighted by Crippen LogP contribution is 2.28. The number of amides is 1. The first-order valence-electron chi connectivity index (χ1n) is 9.62. The zero-order chi connectivity index (χ0) is 21.4. The number of thioether (sulfide) groups is 1. The molecule has 0 unspecified atom stereocenters. The molecule has 0 aliphatic heterocycles. The Hall–Kier alpha value is -1.99. The lowest BCUT2D eigenvalue weighted by Gasteiger charge is -2.26. The van der Waals surface area contributed by atoms with Gasteiger partial charge in [0.05, 0.1) is 11.9 Å². The summed E-state index contributed by atoms with van der Waals surface area (Å²) in [6.07, 6.45) is 1.98. The molecule has 0 saturated heterocycles. The van der Waals surface area contributed by atoms with Gasteiger partial charge in [-0.05, 0) is 49.6 Å². The lowest BCUT2D eigenvalue weighted by Crippen LogP contribution is -2.41. The first-order valence-corrected chi connectivity index (χ1v) is 12.6. The maximum atomic E-state index is 12.4. The average Bonchev–Trinajstić information content (AvgIpc) is 2.63. The first kappa shape index (κ1) is 23.3. The van der Waals surface area contributed by atoms with Gasteiger partial charge in [0.1, 0.15) is 6.54 Å². The Kier molecular flexibility index (Phi) is 8.59. The molecule has 2 rings (SSSR count). The van der Waals surface area contributed by atoms with Crippen molar-refractivity contribution >= 4 is 33.4 Å². The van der Waals surface area contributed by atoms with E-state index < -0.39 is 10.0 Å². The number of sulfonamides is 1. The summed E-state index contributed by atoms with van der Waals surface area (Å²) in [5, 5.41) is 2.85. The van der Waals surface area contributed by atoms with E-state index in [-0.39, 0.29) is 12.5 Å². The topological polar surface area (TPSA) is 66.5 Å². The highest BCUT2D eigenvalue weighted by Gasteiger charge is 2.24. The average molecular weight is 435 g/mol. The van der Waals surface area contributed by atoms with Gasteiger partial charge >= 0.3 is 0 Å². The largest absolute Gasteiger partial charge is 0.354 e. The van der Waals surface area contributed by atoms with Crippen LogP contribution in [-0.2, 0) is 20.6 Å². The molecule has 0 aliphatic rings. The minimum Gasteiger partial charge on any atom is -0.354 e. The van der Waals surface area contributed by atoms with Crippen molar-refractivity contribution < 1.29 is 13.2 Å². The number of hydrogen-bond donors (Lipinski definition) is 1. The minimum absolute atomic E-state index is 0.208. The van der Waals surface area contributed by atoms with Crippen molar-refractivity contribution in [2.45, 2.75) is 32.9 Å². The van der Waals surface area contributed by atoms with Crippen molar-refractivity contribution in [1.29, 1.82) is 0 Å². The molecule has 0 spiro atoms. The molecule has 0 saturated carbocycles. The second-order valence-electron chi connectivity index (χ2n) is 7.26. The molecule has 1 amide bonds. The predicted molar refractivity (Wildman–Crippen MR) is 123 cm³/mol. The van der Waals surface area contributed by atoms with Gasteiger partial charge < -0.3 is 5.32 Å². The molecular formula is C22H30N2O3S2. The van der Waals surface area contributed by atoms with E-state index in [1.54, 1.807) is 0 Å². The first-order chi connectivity index (χ1) is 13.7. The van der Waals surface area contributed by atoms with Crippen molar-refractivity contribution in [3.05, 3.63) is 64.7 Å². The molecule has 1 N–H and O–H groups in total. The number of anilines is 1. The third kappa shape index (κ3) is 7.40. The molecule has 0 bridgehead atoms. The van der Waals surface area contributed by atoms with Gasteiger partial charge in [0.2, 0.25) is 15.9 Å². The van der Waals surface area contributed by atoms with E-state index in [0.717, 1.165) is 40.9 Å². The number of aryl methyl sites for hydroxylation is 3. The standard InChI is InChI=1S/C22H30N2O3S2/c1-17-13-18(2)22(19(3)14-17)24(29(4,26)27)15-21(25)23-11-8-12-28-16-20-9-6-5-7-10-20/h5-7,9-10,13-14H,8,11-12,15-16H2,1-4H3,(H,23,25). The summed E-state index contributed by atoms with van der Waals surface area (Å²) in [6.45, 7) is 6.03. The van der Waals surface area contributed by atoms with Crippen LogP contribution in [0.4, 0.5) is 5.69 Å². The van der Waals surface area contributed by atoms with E-state index in [1.165, 1.54) is 9.87 Å². The van der Waals surface area contributed by atoms with Crippen LogP contribution in [0.1, 0.15) is 28.7 Å². The van der Waals surface area contributed by atoms with E-state index >= 15 is 0 Å². The molecule has 29 heavy (non-hydrogen) atoms. The Morgan fingerprint density at radius 3 is 2.28 bits per heavy atom. The summed E-state index contributed by atoms with van der Waals surface area (Å²) >= 11 is 1.82. The van der Waals surface area contributed by atoms with Crippen molar-refractivity contribution in [3.8, 4) is 0 Å². The Morgan fingerprint density at radius 1 is 1.07 bits per heavy atom. The van der Waals surface area contributed by atoms with Crippen molar-refractivity contribution in [3.63, 3.8) is 0 Å². The van der Waals surface area contributed by atoms with Gasteiger partial charge in [-0.25, -0.2) is 8.42 Å².